The summed E-state index contributed by atoms with van der Waals surface area (Å²) in [6, 6.07) is 13.1. The van der Waals surface area contributed by atoms with E-state index in [9.17, 15) is 14.4 Å². The lowest BCUT2D eigenvalue weighted by atomic mass is 9.98. The van der Waals surface area contributed by atoms with Crippen LogP contribution in [-0.2, 0) is 14.4 Å². The molecule has 0 fully saturated rings. The summed E-state index contributed by atoms with van der Waals surface area (Å²) in [7, 11) is 0. The number of amides is 3. The summed E-state index contributed by atoms with van der Waals surface area (Å²) in [6.45, 7) is 11.2. The largest absolute Gasteiger partial charge is 0.360 e. The SMILES string of the molecule is Cc1ccc(N(C(=O)CCC(=O)Nc2cc(C)on2)C(C(=O)NC(C)(C)C)c2ccccc2Cl)c(C)c1. The zero-order valence-electron chi connectivity index (χ0n) is 22.0. The van der Waals surface area contributed by atoms with E-state index in [4.69, 9.17) is 16.1 Å². The van der Waals surface area contributed by atoms with Crippen molar-refractivity contribution in [1.29, 1.82) is 0 Å². The van der Waals surface area contributed by atoms with E-state index in [-0.39, 0.29) is 24.6 Å². The normalized spacial score (nSPS) is 12.1. The van der Waals surface area contributed by atoms with Gasteiger partial charge in [0, 0.05) is 40.7 Å². The Bertz CT molecular complexity index is 1300. The molecule has 0 radical (unpaired) electrons. The minimum Gasteiger partial charge on any atom is -0.360 e. The molecule has 2 N–H and O–H groups in total. The zero-order valence-corrected chi connectivity index (χ0v) is 22.8. The van der Waals surface area contributed by atoms with Gasteiger partial charge >= 0.3 is 0 Å². The first-order valence-corrected chi connectivity index (χ1v) is 12.4. The predicted octanol–water partition coefficient (Wildman–Crippen LogP) is 5.66. The molecule has 1 heterocycles. The summed E-state index contributed by atoms with van der Waals surface area (Å²) in [5, 5.41) is 9.73. The number of nitrogens with zero attached hydrogens (tertiary/aromatic N) is 2. The van der Waals surface area contributed by atoms with Gasteiger partial charge in [0.1, 0.15) is 11.8 Å². The summed E-state index contributed by atoms with van der Waals surface area (Å²) < 4.78 is 4.97. The molecule has 0 aliphatic carbocycles. The van der Waals surface area contributed by atoms with Crippen molar-refractivity contribution in [2.75, 3.05) is 10.2 Å². The van der Waals surface area contributed by atoms with Gasteiger partial charge in [0.25, 0.3) is 0 Å². The van der Waals surface area contributed by atoms with E-state index in [1.165, 1.54) is 4.90 Å². The molecule has 196 valence electrons. The highest BCUT2D eigenvalue weighted by molar-refractivity contribution is 6.31. The molecule has 0 bridgehead atoms. The van der Waals surface area contributed by atoms with Crippen LogP contribution in [0.5, 0.6) is 0 Å². The van der Waals surface area contributed by atoms with Crippen LogP contribution in [0.15, 0.2) is 53.1 Å². The Hall–Kier alpha value is -3.65. The van der Waals surface area contributed by atoms with Gasteiger partial charge < -0.3 is 15.2 Å². The van der Waals surface area contributed by atoms with Gasteiger partial charge in [0.05, 0.1) is 0 Å². The molecule has 0 saturated carbocycles. The Balaban J connectivity index is 2.01. The molecular formula is C28H33ClN4O4. The van der Waals surface area contributed by atoms with Gasteiger partial charge in [-0.1, -0.05) is 52.7 Å². The first-order chi connectivity index (χ1) is 17.4. The smallest absolute Gasteiger partial charge is 0.248 e. The lowest BCUT2D eigenvalue weighted by molar-refractivity contribution is -0.128. The Kier molecular flexibility index (Phi) is 8.76. The Morgan fingerprint density at radius 1 is 1.03 bits per heavy atom. The predicted molar refractivity (Wildman–Crippen MR) is 145 cm³/mol. The quantitative estimate of drug-likeness (QED) is 0.395. The van der Waals surface area contributed by atoms with E-state index in [0.29, 0.717) is 22.0 Å². The molecule has 0 aliphatic heterocycles. The molecule has 3 aromatic rings. The number of rotatable bonds is 8. The van der Waals surface area contributed by atoms with Gasteiger partial charge in [-0.15, -0.1) is 0 Å². The molecule has 8 nitrogen and oxygen atoms in total. The van der Waals surface area contributed by atoms with Crippen LogP contribution in [0.1, 0.15) is 62.1 Å². The van der Waals surface area contributed by atoms with Crippen LogP contribution in [0.2, 0.25) is 5.02 Å². The van der Waals surface area contributed by atoms with Crippen molar-refractivity contribution in [2.24, 2.45) is 0 Å². The summed E-state index contributed by atoms with van der Waals surface area (Å²) in [4.78, 5) is 41.6. The molecule has 0 spiro atoms. The fourth-order valence-electron chi connectivity index (χ4n) is 4.00. The molecule has 3 amide bonds. The number of aryl methyl sites for hydroxylation is 3. The molecule has 0 aliphatic rings. The lowest BCUT2D eigenvalue weighted by Crippen LogP contribution is -2.49. The van der Waals surface area contributed by atoms with Crippen LogP contribution >= 0.6 is 11.6 Å². The minimum absolute atomic E-state index is 0.109. The molecular weight excluding hydrogens is 492 g/mol. The summed E-state index contributed by atoms with van der Waals surface area (Å²) in [5.74, 6) is -0.334. The number of carbonyl (C=O) groups is 3. The third-order valence-corrected chi connectivity index (χ3v) is 5.89. The van der Waals surface area contributed by atoms with Gasteiger partial charge in [0.2, 0.25) is 17.7 Å². The maximum absolute atomic E-state index is 13.8. The number of aromatic nitrogens is 1. The number of carbonyl (C=O) groups excluding carboxylic acids is 3. The fourth-order valence-corrected chi connectivity index (χ4v) is 4.24. The van der Waals surface area contributed by atoms with Crippen LogP contribution in [0.25, 0.3) is 0 Å². The average Bonchev–Trinajstić information content (AvgIpc) is 3.20. The standard InChI is InChI=1S/C28H33ClN4O4/c1-17-11-12-22(18(2)15-17)33(25(35)14-13-24(34)30-23-16-19(3)37-32-23)26(27(36)31-28(4,5)6)20-9-7-8-10-21(20)29/h7-12,15-16,26H,13-14H2,1-6H3,(H,31,36)(H,30,32,34). The van der Waals surface area contributed by atoms with Gasteiger partial charge in [-0.2, -0.15) is 0 Å². The van der Waals surface area contributed by atoms with Gasteiger partial charge in [-0.25, -0.2) is 0 Å². The van der Waals surface area contributed by atoms with E-state index in [0.717, 1.165) is 11.1 Å². The van der Waals surface area contributed by atoms with Crippen molar-refractivity contribution in [3.05, 3.63) is 76.0 Å². The minimum atomic E-state index is -1.05. The van der Waals surface area contributed by atoms with E-state index < -0.39 is 23.4 Å². The maximum Gasteiger partial charge on any atom is 0.248 e. The second-order valence-electron chi connectivity index (χ2n) is 10.1. The molecule has 0 saturated heterocycles. The van der Waals surface area contributed by atoms with Crippen LogP contribution in [0, 0.1) is 20.8 Å². The Morgan fingerprint density at radius 2 is 1.73 bits per heavy atom. The van der Waals surface area contributed by atoms with Crippen LogP contribution in [0.4, 0.5) is 11.5 Å². The van der Waals surface area contributed by atoms with E-state index >= 15 is 0 Å². The first kappa shape index (κ1) is 27.9. The fraction of sp³-hybridized carbons (Fsp3) is 0.357. The number of hydrogen-bond donors (Lipinski definition) is 2. The first-order valence-electron chi connectivity index (χ1n) is 12.0. The number of hydrogen-bond acceptors (Lipinski definition) is 5. The third kappa shape index (κ3) is 7.43. The summed E-state index contributed by atoms with van der Waals surface area (Å²) in [5.41, 5.74) is 2.34. The van der Waals surface area contributed by atoms with E-state index in [1.54, 1.807) is 37.3 Å². The third-order valence-electron chi connectivity index (χ3n) is 5.55. The molecule has 37 heavy (non-hydrogen) atoms. The highest BCUT2D eigenvalue weighted by Gasteiger charge is 2.36. The Morgan fingerprint density at radius 3 is 2.32 bits per heavy atom. The Labute approximate surface area is 222 Å². The lowest BCUT2D eigenvalue weighted by Gasteiger charge is -2.35. The number of halogens is 1. The second-order valence-corrected chi connectivity index (χ2v) is 10.5. The molecule has 1 aromatic heterocycles. The molecule has 1 atom stereocenters. The van der Waals surface area contributed by atoms with Gasteiger partial charge in [0.15, 0.2) is 5.82 Å². The van der Waals surface area contributed by atoms with Crippen molar-refractivity contribution in [1.82, 2.24) is 10.5 Å². The number of benzene rings is 2. The van der Waals surface area contributed by atoms with Gasteiger partial charge in [-0.05, 0) is 59.2 Å². The van der Waals surface area contributed by atoms with Crippen molar-refractivity contribution in [3.63, 3.8) is 0 Å². The van der Waals surface area contributed by atoms with E-state index in [2.05, 4.69) is 15.8 Å². The van der Waals surface area contributed by atoms with Gasteiger partial charge in [-0.3, -0.25) is 19.3 Å². The van der Waals surface area contributed by atoms with Crippen LogP contribution in [0.3, 0.4) is 0 Å². The molecule has 2 aromatic carbocycles. The van der Waals surface area contributed by atoms with Crippen molar-refractivity contribution in [2.45, 2.75) is 66.0 Å². The molecule has 9 heteroatoms. The highest BCUT2D eigenvalue weighted by Crippen LogP contribution is 2.35. The molecule has 1 unspecified atom stereocenters. The summed E-state index contributed by atoms with van der Waals surface area (Å²) >= 11 is 6.56. The van der Waals surface area contributed by atoms with Crippen molar-refractivity contribution < 1.29 is 18.9 Å². The molecule has 3 rings (SSSR count). The van der Waals surface area contributed by atoms with Crippen molar-refractivity contribution in [3.8, 4) is 0 Å². The summed E-state index contributed by atoms with van der Waals surface area (Å²) in [6.07, 6.45) is -0.248. The van der Waals surface area contributed by atoms with Crippen molar-refractivity contribution >= 4 is 40.8 Å². The van der Waals surface area contributed by atoms with Crippen LogP contribution < -0.4 is 15.5 Å². The maximum atomic E-state index is 13.8. The van der Waals surface area contributed by atoms with Crippen LogP contribution in [-0.4, -0.2) is 28.4 Å². The highest BCUT2D eigenvalue weighted by atomic mass is 35.5. The van der Waals surface area contributed by atoms with E-state index in [1.807, 2.05) is 52.8 Å². The second kappa shape index (κ2) is 11.6. The number of nitrogens with one attached hydrogen (secondary N) is 2. The monoisotopic (exact) mass is 524 g/mol. The topological polar surface area (TPSA) is 105 Å². The zero-order chi connectivity index (χ0) is 27.3. The number of anilines is 2. The average molecular weight is 525 g/mol.